The number of aromatic nitrogens is 2. The van der Waals surface area contributed by atoms with Crippen LogP contribution in [-0.2, 0) is 0 Å². The lowest BCUT2D eigenvalue weighted by Gasteiger charge is -2.12. The molecule has 2 heterocycles. The minimum Gasteiger partial charge on any atom is -0.467 e. The molecule has 0 radical (unpaired) electrons. The van der Waals surface area contributed by atoms with Gasteiger partial charge in [-0.3, -0.25) is 0 Å². The number of ether oxygens (including phenoxy) is 1. The molecule has 0 aliphatic carbocycles. The molecule has 7 heteroatoms. The first-order chi connectivity index (χ1) is 8.70. The van der Waals surface area contributed by atoms with Gasteiger partial charge < -0.3 is 15.2 Å². The second-order valence-electron chi connectivity index (χ2n) is 3.51. The van der Waals surface area contributed by atoms with Crippen LogP contribution in [0.4, 0.5) is 5.82 Å². The molecule has 1 atom stereocenters. The van der Waals surface area contributed by atoms with Gasteiger partial charge in [0, 0.05) is 6.54 Å². The summed E-state index contributed by atoms with van der Waals surface area (Å²) in [6.45, 7) is 0.316. The molecule has 2 aromatic heterocycles. The summed E-state index contributed by atoms with van der Waals surface area (Å²) in [4.78, 5) is 7.93. The minimum absolute atomic E-state index is 0.229. The van der Waals surface area contributed by atoms with Crippen LogP contribution in [0.15, 0.2) is 23.0 Å². The smallest absolute Gasteiger partial charge is 0.318 e. The summed E-state index contributed by atoms with van der Waals surface area (Å²) in [5.41, 5.74) is 0.865. The molecule has 1 unspecified atom stereocenters. The first-order valence-electron chi connectivity index (χ1n) is 5.21. The molecule has 0 aromatic carbocycles. The highest BCUT2D eigenvalue weighted by atomic mass is 35.5. The van der Waals surface area contributed by atoms with Crippen molar-refractivity contribution < 1.29 is 9.84 Å². The number of aliphatic hydroxyl groups is 1. The Bertz CT molecular complexity index is 507. The van der Waals surface area contributed by atoms with Crippen molar-refractivity contribution in [2.75, 3.05) is 19.0 Å². The van der Waals surface area contributed by atoms with E-state index in [1.165, 1.54) is 24.6 Å². The van der Waals surface area contributed by atoms with Gasteiger partial charge in [-0.1, -0.05) is 11.6 Å². The van der Waals surface area contributed by atoms with Gasteiger partial charge in [-0.05, 0) is 22.4 Å². The van der Waals surface area contributed by atoms with Crippen molar-refractivity contribution in [1.82, 2.24) is 9.97 Å². The zero-order valence-electron chi connectivity index (χ0n) is 9.63. The molecule has 2 rings (SSSR count). The Kier molecular flexibility index (Phi) is 4.35. The first-order valence-corrected chi connectivity index (χ1v) is 6.53. The van der Waals surface area contributed by atoms with Gasteiger partial charge in [-0.25, -0.2) is 4.98 Å². The molecule has 0 bridgehead atoms. The monoisotopic (exact) mass is 285 g/mol. The fraction of sp³-hybridized carbons (Fsp3) is 0.273. The number of hydrogen-bond acceptors (Lipinski definition) is 6. The van der Waals surface area contributed by atoms with Crippen molar-refractivity contribution in [3.8, 4) is 6.01 Å². The number of hydrogen-bond donors (Lipinski definition) is 2. The molecule has 0 saturated heterocycles. The van der Waals surface area contributed by atoms with Gasteiger partial charge in [-0.15, -0.1) is 0 Å². The third-order valence-corrected chi connectivity index (χ3v) is 3.27. The van der Waals surface area contributed by atoms with Gasteiger partial charge in [-0.2, -0.15) is 16.3 Å². The number of nitrogens with zero attached hydrogens (tertiary/aromatic N) is 2. The molecule has 2 N–H and O–H groups in total. The van der Waals surface area contributed by atoms with Crippen LogP contribution >= 0.6 is 22.9 Å². The van der Waals surface area contributed by atoms with Gasteiger partial charge in [0.25, 0.3) is 0 Å². The summed E-state index contributed by atoms with van der Waals surface area (Å²) in [5, 5.41) is 17.1. The number of rotatable bonds is 5. The second-order valence-corrected chi connectivity index (χ2v) is 4.69. The molecule has 0 fully saturated rings. The lowest BCUT2D eigenvalue weighted by molar-refractivity contribution is 0.192. The number of anilines is 1. The molecule has 0 amide bonds. The molecule has 0 spiro atoms. The molecule has 2 aromatic rings. The highest BCUT2D eigenvalue weighted by molar-refractivity contribution is 7.07. The van der Waals surface area contributed by atoms with Gasteiger partial charge in [0.2, 0.25) is 0 Å². The summed E-state index contributed by atoms with van der Waals surface area (Å²) in [6.07, 6.45) is 0.848. The SMILES string of the molecule is COc1ncc(Cl)c(NCC(O)c2ccsc2)n1. The Hall–Kier alpha value is -1.37. The fourth-order valence-electron chi connectivity index (χ4n) is 1.35. The predicted molar refractivity (Wildman–Crippen MR) is 71.4 cm³/mol. The van der Waals surface area contributed by atoms with E-state index in [9.17, 15) is 5.11 Å². The van der Waals surface area contributed by atoms with Gasteiger partial charge in [0.15, 0.2) is 5.82 Å². The number of thiophene rings is 1. The van der Waals surface area contributed by atoms with Gasteiger partial charge >= 0.3 is 6.01 Å². The zero-order valence-corrected chi connectivity index (χ0v) is 11.2. The summed E-state index contributed by atoms with van der Waals surface area (Å²) >= 11 is 7.48. The first kappa shape index (κ1) is 13.1. The third kappa shape index (κ3) is 3.10. The summed E-state index contributed by atoms with van der Waals surface area (Å²) in [5.74, 6) is 0.442. The minimum atomic E-state index is -0.603. The normalized spacial score (nSPS) is 12.2. The topological polar surface area (TPSA) is 67.3 Å². The Morgan fingerprint density at radius 3 is 3.11 bits per heavy atom. The van der Waals surface area contributed by atoms with E-state index in [2.05, 4.69) is 15.3 Å². The molecular formula is C11H12ClN3O2S. The highest BCUT2D eigenvalue weighted by Gasteiger charge is 2.10. The van der Waals surface area contributed by atoms with Crippen LogP contribution in [0.2, 0.25) is 5.02 Å². The van der Waals surface area contributed by atoms with E-state index in [1.54, 1.807) is 0 Å². The fourth-order valence-corrected chi connectivity index (χ4v) is 2.21. The van der Waals surface area contributed by atoms with Crippen molar-refractivity contribution in [2.24, 2.45) is 0 Å². The number of methoxy groups -OCH3 is 1. The van der Waals surface area contributed by atoms with Crippen LogP contribution in [0, 0.1) is 0 Å². The van der Waals surface area contributed by atoms with E-state index in [-0.39, 0.29) is 6.01 Å². The van der Waals surface area contributed by atoms with Crippen LogP contribution in [-0.4, -0.2) is 28.7 Å². The molecule has 0 aliphatic heterocycles. The number of halogens is 1. The number of nitrogens with one attached hydrogen (secondary N) is 1. The van der Waals surface area contributed by atoms with Crippen molar-refractivity contribution in [1.29, 1.82) is 0 Å². The van der Waals surface area contributed by atoms with Crippen LogP contribution < -0.4 is 10.1 Å². The van der Waals surface area contributed by atoms with E-state index < -0.39 is 6.10 Å². The zero-order chi connectivity index (χ0) is 13.0. The van der Waals surface area contributed by atoms with Crippen molar-refractivity contribution in [2.45, 2.75) is 6.10 Å². The Morgan fingerprint density at radius 1 is 1.61 bits per heavy atom. The Morgan fingerprint density at radius 2 is 2.44 bits per heavy atom. The molecule has 0 saturated carbocycles. The third-order valence-electron chi connectivity index (χ3n) is 2.30. The average molecular weight is 286 g/mol. The van der Waals surface area contributed by atoms with Gasteiger partial charge in [0.05, 0.1) is 19.4 Å². The maximum Gasteiger partial charge on any atom is 0.318 e. The molecule has 0 aliphatic rings. The van der Waals surface area contributed by atoms with Gasteiger partial charge in [0.1, 0.15) is 5.02 Å². The maximum absolute atomic E-state index is 9.91. The summed E-state index contributed by atoms with van der Waals surface area (Å²) < 4.78 is 4.91. The molecule has 96 valence electrons. The Labute approximate surface area is 113 Å². The lowest BCUT2D eigenvalue weighted by atomic mass is 10.2. The van der Waals surface area contributed by atoms with E-state index in [1.807, 2.05) is 16.8 Å². The van der Waals surface area contributed by atoms with Crippen molar-refractivity contribution >= 4 is 28.8 Å². The highest BCUT2D eigenvalue weighted by Crippen LogP contribution is 2.22. The van der Waals surface area contributed by atoms with Crippen LogP contribution in [0.1, 0.15) is 11.7 Å². The van der Waals surface area contributed by atoms with Crippen molar-refractivity contribution in [3.63, 3.8) is 0 Å². The van der Waals surface area contributed by atoms with Crippen LogP contribution in [0.25, 0.3) is 0 Å². The second kappa shape index (κ2) is 5.99. The van der Waals surface area contributed by atoms with Crippen LogP contribution in [0.3, 0.4) is 0 Å². The molecular weight excluding hydrogens is 274 g/mol. The summed E-state index contributed by atoms with van der Waals surface area (Å²) in [7, 11) is 1.48. The predicted octanol–water partition coefficient (Wildman–Crippen LogP) is 2.35. The average Bonchev–Trinajstić information content (AvgIpc) is 2.91. The Balaban J connectivity index is 2.01. The van der Waals surface area contributed by atoms with E-state index in [0.29, 0.717) is 17.4 Å². The summed E-state index contributed by atoms with van der Waals surface area (Å²) in [6, 6.07) is 2.10. The molecule has 5 nitrogen and oxygen atoms in total. The van der Waals surface area contributed by atoms with E-state index >= 15 is 0 Å². The van der Waals surface area contributed by atoms with Crippen molar-refractivity contribution in [3.05, 3.63) is 33.6 Å². The van der Waals surface area contributed by atoms with Crippen LogP contribution in [0.5, 0.6) is 6.01 Å². The quantitative estimate of drug-likeness (QED) is 0.883. The standard InChI is InChI=1S/C11H12ClN3O2S/c1-17-11-14-4-8(12)10(15-11)13-5-9(16)7-2-3-18-6-7/h2-4,6,9,16H,5H2,1H3,(H,13,14,15). The van der Waals surface area contributed by atoms with E-state index in [0.717, 1.165) is 5.56 Å². The number of aliphatic hydroxyl groups excluding tert-OH is 1. The lowest BCUT2D eigenvalue weighted by Crippen LogP contribution is -2.13. The van der Waals surface area contributed by atoms with E-state index in [4.69, 9.17) is 16.3 Å². The maximum atomic E-state index is 9.91. The largest absolute Gasteiger partial charge is 0.467 e. The molecule has 18 heavy (non-hydrogen) atoms.